The van der Waals surface area contributed by atoms with E-state index in [1.807, 2.05) is 4.68 Å². The first kappa shape index (κ1) is 15.0. The van der Waals surface area contributed by atoms with Crippen LogP contribution in [0.2, 0.25) is 0 Å². The van der Waals surface area contributed by atoms with Gasteiger partial charge in [0.2, 0.25) is 0 Å². The molecule has 0 radical (unpaired) electrons. The zero-order valence-corrected chi connectivity index (χ0v) is 12.2. The number of hydrazine groups is 1. The molecule has 0 bridgehead atoms. The topological polar surface area (TPSA) is 65.1 Å². The van der Waals surface area contributed by atoms with Gasteiger partial charge >= 0.3 is 0 Å². The summed E-state index contributed by atoms with van der Waals surface area (Å²) < 4.78 is 7.37. The lowest BCUT2D eigenvalue weighted by atomic mass is 9.87. The summed E-state index contributed by atoms with van der Waals surface area (Å²) in [6.07, 6.45) is 3.72. The summed E-state index contributed by atoms with van der Waals surface area (Å²) in [7, 11) is 1.67. The average molecular weight is 254 g/mol. The minimum atomic E-state index is 0.0500. The lowest BCUT2D eigenvalue weighted by Crippen LogP contribution is -2.33. The number of nitrogens with zero attached hydrogens (tertiary/aromatic N) is 2. The molecule has 1 aromatic heterocycles. The van der Waals surface area contributed by atoms with Gasteiger partial charge in [0.1, 0.15) is 0 Å². The van der Waals surface area contributed by atoms with Crippen LogP contribution in [0.15, 0.2) is 6.20 Å². The number of aryl methyl sites for hydroxylation is 1. The molecule has 0 saturated carbocycles. The Balaban J connectivity index is 3.05. The summed E-state index contributed by atoms with van der Waals surface area (Å²) in [5.41, 5.74) is 4.12. The third-order valence-corrected chi connectivity index (χ3v) is 2.85. The van der Waals surface area contributed by atoms with E-state index in [9.17, 15) is 0 Å². The van der Waals surface area contributed by atoms with E-state index in [-0.39, 0.29) is 11.5 Å². The average Bonchev–Trinajstić information content (AvgIpc) is 2.68. The highest BCUT2D eigenvalue weighted by atomic mass is 16.5. The normalized spacial score (nSPS) is 13.7. The molecule has 1 rings (SSSR count). The van der Waals surface area contributed by atoms with Gasteiger partial charge in [0.05, 0.1) is 25.0 Å². The third-order valence-electron chi connectivity index (χ3n) is 2.85. The molecule has 3 N–H and O–H groups in total. The van der Waals surface area contributed by atoms with Gasteiger partial charge < -0.3 is 4.74 Å². The molecule has 0 aliphatic rings. The van der Waals surface area contributed by atoms with Crippen molar-refractivity contribution in [3.8, 4) is 5.75 Å². The molecule has 0 fully saturated rings. The Morgan fingerprint density at radius 3 is 2.61 bits per heavy atom. The highest BCUT2D eigenvalue weighted by molar-refractivity contribution is 5.28. The van der Waals surface area contributed by atoms with Crippen LogP contribution in [-0.4, -0.2) is 16.9 Å². The molecule has 0 amide bonds. The van der Waals surface area contributed by atoms with E-state index >= 15 is 0 Å². The maximum absolute atomic E-state index is 5.71. The quantitative estimate of drug-likeness (QED) is 0.603. The molecule has 1 heterocycles. The maximum Gasteiger partial charge on any atom is 0.161 e. The van der Waals surface area contributed by atoms with Crippen molar-refractivity contribution >= 4 is 0 Å². The van der Waals surface area contributed by atoms with Crippen molar-refractivity contribution in [2.75, 3.05) is 7.11 Å². The maximum atomic E-state index is 5.71. The monoisotopic (exact) mass is 254 g/mol. The van der Waals surface area contributed by atoms with Gasteiger partial charge in [0.25, 0.3) is 0 Å². The first-order chi connectivity index (χ1) is 8.42. The van der Waals surface area contributed by atoms with Crippen LogP contribution in [-0.2, 0) is 6.54 Å². The molecular formula is C13H26N4O. The largest absolute Gasteiger partial charge is 0.493 e. The van der Waals surface area contributed by atoms with E-state index in [0.717, 1.165) is 30.8 Å². The van der Waals surface area contributed by atoms with E-state index in [2.05, 4.69) is 38.2 Å². The summed E-state index contributed by atoms with van der Waals surface area (Å²) in [6, 6.07) is 0.0500. The Labute approximate surface area is 110 Å². The van der Waals surface area contributed by atoms with Gasteiger partial charge in [-0.25, -0.2) is 0 Å². The number of rotatable bonds is 6. The number of aromatic nitrogens is 2. The fourth-order valence-electron chi connectivity index (χ4n) is 2.12. The van der Waals surface area contributed by atoms with Gasteiger partial charge in [0, 0.05) is 6.54 Å². The fraction of sp³-hybridized carbons (Fsp3) is 0.769. The van der Waals surface area contributed by atoms with Crippen LogP contribution in [0.25, 0.3) is 0 Å². The first-order valence-electron chi connectivity index (χ1n) is 6.48. The van der Waals surface area contributed by atoms with E-state index in [0.29, 0.717) is 0 Å². The van der Waals surface area contributed by atoms with Crippen LogP contribution >= 0.6 is 0 Å². The van der Waals surface area contributed by atoms with Crippen molar-refractivity contribution in [1.29, 1.82) is 0 Å². The highest BCUT2D eigenvalue weighted by Crippen LogP contribution is 2.33. The summed E-state index contributed by atoms with van der Waals surface area (Å²) in [4.78, 5) is 0. The van der Waals surface area contributed by atoms with Gasteiger partial charge in [-0.1, -0.05) is 27.7 Å². The lowest BCUT2D eigenvalue weighted by molar-refractivity contribution is 0.294. The van der Waals surface area contributed by atoms with Crippen molar-refractivity contribution in [2.24, 2.45) is 11.3 Å². The highest BCUT2D eigenvalue weighted by Gasteiger charge is 2.25. The molecule has 18 heavy (non-hydrogen) atoms. The summed E-state index contributed by atoms with van der Waals surface area (Å²) in [6.45, 7) is 9.60. The van der Waals surface area contributed by atoms with Crippen LogP contribution < -0.4 is 16.0 Å². The fourth-order valence-corrected chi connectivity index (χ4v) is 2.12. The molecule has 1 aromatic rings. The van der Waals surface area contributed by atoms with Gasteiger partial charge in [-0.2, -0.15) is 5.10 Å². The van der Waals surface area contributed by atoms with Gasteiger partial charge in [0.15, 0.2) is 5.75 Å². The minimum absolute atomic E-state index is 0.0500. The SMILES string of the molecule is CCCn1ncc(OC)c1C(CC(C)(C)C)NN. The number of ether oxygens (including phenoxy) is 1. The van der Waals surface area contributed by atoms with Crippen LogP contribution in [0.5, 0.6) is 5.75 Å². The molecule has 5 nitrogen and oxygen atoms in total. The zero-order chi connectivity index (χ0) is 13.8. The molecular weight excluding hydrogens is 228 g/mol. The number of methoxy groups -OCH3 is 1. The van der Waals surface area contributed by atoms with E-state index < -0.39 is 0 Å². The number of nitrogens with one attached hydrogen (secondary N) is 1. The molecule has 0 aromatic carbocycles. The van der Waals surface area contributed by atoms with Crippen molar-refractivity contribution < 1.29 is 4.74 Å². The Hall–Kier alpha value is -1.07. The van der Waals surface area contributed by atoms with Crippen LogP contribution in [0.1, 0.15) is 52.3 Å². The van der Waals surface area contributed by atoms with Gasteiger partial charge in [-0.15, -0.1) is 0 Å². The second-order valence-electron chi connectivity index (χ2n) is 5.81. The second-order valence-corrected chi connectivity index (χ2v) is 5.81. The van der Waals surface area contributed by atoms with E-state index in [4.69, 9.17) is 10.6 Å². The predicted molar refractivity (Wildman–Crippen MR) is 73.2 cm³/mol. The number of nitrogens with two attached hydrogens (primary N) is 1. The Bertz CT molecular complexity index is 368. The Morgan fingerprint density at radius 1 is 1.50 bits per heavy atom. The molecule has 1 unspecified atom stereocenters. The van der Waals surface area contributed by atoms with Crippen molar-refractivity contribution in [2.45, 2.75) is 53.1 Å². The first-order valence-corrected chi connectivity index (χ1v) is 6.48. The molecule has 1 atom stereocenters. The molecule has 104 valence electrons. The molecule has 0 aliphatic carbocycles. The van der Waals surface area contributed by atoms with Crippen LogP contribution in [0.4, 0.5) is 0 Å². The second kappa shape index (κ2) is 6.20. The molecule has 0 aliphatic heterocycles. The van der Waals surface area contributed by atoms with Crippen LogP contribution in [0.3, 0.4) is 0 Å². The van der Waals surface area contributed by atoms with E-state index in [1.165, 1.54) is 0 Å². The Morgan fingerprint density at radius 2 is 2.17 bits per heavy atom. The minimum Gasteiger partial charge on any atom is -0.493 e. The smallest absolute Gasteiger partial charge is 0.161 e. The standard InChI is InChI=1S/C13H26N4O/c1-6-7-17-12(11(18-5)9-15-17)10(16-14)8-13(2,3)4/h9-10,16H,6-8,14H2,1-5H3. The van der Waals surface area contributed by atoms with Crippen LogP contribution in [0, 0.1) is 5.41 Å². The van der Waals surface area contributed by atoms with Crippen molar-refractivity contribution in [1.82, 2.24) is 15.2 Å². The lowest BCUT2D eigenvalue weighted by Gasteiger charge is -2.26. The predicted octanol–water partition coefficient (Wildman–Crippen LogP) is 2.24. The van der Waals surface area contributed by atoms with Crippen molar-refractivity contribution in [3.63, 3.8) is 0 Å². The van der Waals surface area contributed by atoms with Gasteiger partial charge in [-0.3, -0.25) is 16.0 Å². The summed E-state index contributed by atoms with van der Waals surface area (Å²) in [5.74, 6) is 6.51. The van der Waals surface area contributed by atoms with E-state index in [1.54, 1.807) is 13.3 Å². The molecule has 0 spiro atoms. The van der Waals surface area contributed by atoms with Gasteiger partial charge in [-0.05, 0) is 18.3 Å². The van der Waals surface area contributed by atoms with Crippen molar-refractivity contribution in [3.05, 3.63) is 11.9 Å². The number of hydrogen-bond acceptors (Lipinski definition) is 4. The zero-order valence-electron chi connectivity index (χ0n) is 12.2. The molecule has 0 saturated heterocycles. The molecule has 5 heteroatoms. The Kier molecular flexibility index (Phi) is 5.16. The number of hydrogen-bond donors (Lipinski definition) is 2. The summed E-state index contributed by atoms with van der Waals surface area (Å²) in [5, 5.41) is 4.37. The third kappa shape index (κ3) is 3.71. The summed E-state index contributed by atoms with van der Waals surface area (Å²) >= 11 is 0.